The summed E-state index contributed by atoms with van der Waals surface area (Å²) >= 11 is 0. The SMILES string of the molecule is CC(CCC(=O)O)NC(=O)C(C)Cc1cccc(C(F)(F)F)c1. The number of carbonyl (C=O) groups excluding carboxylic acids is 1. The Hall–Kier alpha value is -2.05. The smallest absolute Gasteiger partial charge is 0.416 e. The van der Waals surface area contributed by atoms with Crippen LogP contribution in [0.2, 0.25) is 0 Å². The fourth-order valence-electron chi connectivity index (χ4n) is 2.12. The minimum Gasteiger partial charge on any atom is -0.481 e. The van der Waals surface area contributed by atoms with Crippen LogP contribution in [0.1, 0.15) is 37.8 Å². The first-order chi connectivity index (χ1) is 10.6. The van der Waals surface area contributed by atoms with Gasteiger partial charge in [-0.05, 0) is 31.4 Å². The number of amides is 1. The highest BCUT2D eigenvalue weighted by atomic mass is 19.4. The Bertz CT molecular complexity index is 558. The maximum absolute atomic E-state index is 12.7. The standard InChI is InChI=1S/C16H20F3NO3/c1-10(15(23)20-11(2)6-7-14(21)22)8-12-4-3-5-13(9-12)16(17,18)19/h3-5,9-11H,6-8H2,1-2H3,(H,20,23)(H,21,22). The summed E-state index contributed by atoms with van der Waals surface area (Å²) in [7, 11) is 0. The van der Waals surface area contributed by atoms with Crippen molar-refractivity contribution in [3.63, 3.8) is 0 Å². The number of rotatable bonds is 7. The van der Waals surface area contributed by atoms with Crippen molar-refractivity contribution in [2.75, 3.05) is 0 Å². The predicted octanol–water partition coefficient (Wildman–Crippen LogP) is 3.25. The third-order valence-corrected chi connectivity index (χ3v) is 3.42. The topological polar surface area (TPSA) is 66.4 Å². The summed E-state index contributed by atoms with van der Waals surface area (Å²) in [5, 5.41) is 11.3. The molecule has 0 heterocycles. The summed E-state index contributed by atoms with van der Waals surface area (Å²) in [6.07, 6.45) is -3.98. The van der Waals surface area contributed by atoms with Crippen molar-refractivity contribution in [2.45, 2.75) is 45.3 Å². The van der Waals surface area contributed by atoms with Crippen LogP contribution < -0.4 is 5.32 Å². The Balaban J connectivity index is 2.60. The Morgan fingerprint density at radius 1 is 1.26 bits per heavy atom. The molecule has 2 atom stereocenters. The quantitative estimate of drug-likeness (QED) is 0.806. The van der Waals surface area contributed by atoms with Crippen LogP contribution in [-0.2, 0) is 22.2 Å². The molecule has 1 aromatic rings. The normalized spacial score (nSPS) is 14.1. The number of carboxylic acid groups (broad SMARTS) is 1. The minimum atomic E-state index is -4.41. The largest absolute Gasteiger partial charge is 0.481 e. The molecule has 2 N–H and O–H groups in total. The summed E-state index contributed by atoms with van der Waals surface area (Å²) in [6, 6.07) is 4.59. The molecule has 0 fully saturated rings. The Morgan fingerprint density at radius 3 is 2.48 bits per heavy atom. The van der Waals surface area contributed by atoms with Crippen molar-refractivity contribution < 1.29 is 27.9 Å². The van der Waals surface area contributed by atoms with Gasteiger partial charge in [-0.2, -0.15) is 13.2 Å². The summed E-state index contributed by atoms with van der Waals surface area (Å²) < 4.78 is 38.0. The Morgan fingerprint density at radius 2 is 1.91 bits per heavy atom. The van der Waals surface area contributed by atoms with Gasteiger partial charge in [0.1, 0.15) is 0 Å². The fourth-order valence-corrected chi connectivity index (χ4v) is 2.12. The molecule has 1 amide bonds. The molecular formula is C16H20F3NO3. The first-order valence-electron chi connectivity index (χ1n) is 7.28. The highest BCUT2D eigenvalue weighted by Crippen LogP contribution is 2.30. The lowest BCUT2D eigenvalue weighted by Gasteiger charge is -2.17. The summed E-state index contributed by atoms with van der Waals surface area (Å²) in [5.41, 5.74) is -0.307. The molecule has 0 radical (unpaired) electrons. The van der Waals surface area contributed by atoms with Gasteiger partial charge in [0.15, 0.2) is 0 Å². The van der Waals surface area contributed by atoms with E-state index in [0.29, 0.717) is 12.0 Å². The van der Waals surface area contributed by atoms with E-state index in [-0.39, 0.29) is 24.8 Å². The second-order valence-electron chi connectivity index (χ2n) is 5.65. The zero-order valence-corrected chi connectivity index (χ0v) is 13.0. The van der Waals surface area contributed by atoms with E-state index in [2.05, 4.69) is 5.32 Å². The maximum atomic E-state index is 12.7. The van der Waals surface area contributed by atoms with Gasteiger partial charge < -0.3 is 10.4 Å². The van der Waals surface area contributed by atoms with Gasteiger partial charge in [0.25, 0.3) is 0 Å². The monoisotopic (exact) mass is 331 g/mol. The molecule has 0 aliphatic rings. The Kier molecular flexibility index (Phi) is 6.60. The summed E-state index contributed by atoms with van der Waals surface area (Å²) in [6.45, 7) is 3.32. The summed E-state index contributed by atoms with van der Waals surface area (Å²) in [5.74, 6) is -1.76. The van der Waals surface area contributed by atoms with Crippen molar-refractivity contribution in [1.29, 1.82) is 0 Å². The number of benzene rings is 1. The van der Waals surface area contributed by atoms with Crippen molar-refractivity contribution in [3.05, 3.63) is 35.4 Å². The van der Waals surface area contributed by atoms with E-state index in [9.17, 15) is 22.8 Å². The van der Waals surface area contributed by atoms with E-state index < -0.39 is 23.6 Å². The second kappa shape index (κ2) is 7.99. The van der Waals surface area contributed by atoms with Gasteiger partial charge in [-0.15, -0.1) is 0 Å². The molecule has 0 bridgehead atoms. The van der Waals surface area contributed by atoms with Crippen molar-refractivity contribution in [1.82, 2.24) is 5.32 Å². The molecule has 0 saturated heterocycles. The molecule has 0 aromatic heterocycles. The van der Waals surface area contributed by atoms with Gasteiger partial charge in [0, 0.05) is 18.4 Å². The van der Waals surface area contributed by atoms with Crippen molar-refractivity contribution in [2.24, 2.45) is 5.92 Å². The molecule has 1 rings (SSSR count). The van der Waals surface area contributed by atoms with Crippen LogP contribution in [0.3, 0.4) is 0 Å². The average molecular weight is 331 g/mol. The van der Waals surface area contributed by atoms with Crippen LogP contribution in [0, 0.1) is 5.92 Å². The molecule has 128 valence electrons. The van der Waals surface area contributed by atoms with Crippen LogP contribution in [0.5, 0.6) is 0 Å². The van der Waals surface area contributed by atoms with Crippen LogP contribution >= 0.6 is 0 Å². The molecule has 0 saturated carbocycles. The van der Waals surface area contributed by atoms with E-state index in [4.69, 9.17) is 5.11 Å². The molecule has 1 aromatic carbocycles. The van der Waals surface area contributed by atoms with Gasteiger partial charge in [0.2, 0.25) is 5.91 Å². The number of aliphatic carboxylic acids is 1. The lowest BCUT2D eigenvalue weighted by atomic mass is 9.98. The first kappa shape index (κ1) is 19.0. The maximum Gasteiger partial charge on any atom is 0.416 e. The number of alkyl halides is 3. The molecule has 0 aliphatic carbocycles. The molecular weight excluding hydrogens is 311 g/mol. The number of carbonyl (C=O) groups is 2. The lowest BCUT2D eigenvalue weighted by Crippen LogP contribution is -2.37. The van der Waals surface area contributed by atoms with Crippen LogP contribution in [0.15, 0.2) is 24.3 Å². The number of halogens is 3. The van der Waals surface area contributed by atoms with E-state index in [1.165, 1.54) is 6.07 Å². The highest BCUT2D eigenvalue weighted by Gasteiger charge is 2.30. The van der Waals surface area contributed by atoms with Gasteiger partial charge in [-0.25, -0.2) is 0 Å². The van der Waals surface area contributed by atoms with Crippen LogP contribution in [-0.4, -0.2) is 23.0 Å². The molecule has 0 aliphatic heterocycles. The van der Waals surface area contributed by atoms with Gasteiger partial charge in [-0.1, -0.05) is 25.1 Å². The molecule has 23 heavy (non-hydrogen) atoms. The zero-order valence-electron chi connectivity index (χ0n) is 13.0. The van der Waals surface area contributed by atoms with Crippen molar-refractivity contribution in [3.8, 4) is 0 Å². The molecule has 4 nitrogen and oxygen atoms in total. The molecule has 7 heteroatoms. The third-order valence-electron chi connectivity index (χ3n) is 3.42. The number of carboxylic acids is 1. The number of hydrogen-bond donors (Lipinski definition) is 2. The Labute approximate surface area is 132 Å². The van der Waals surface area contributed by atoms with Crippen LogP contribution in [0.25, 0.3) is 0 Å². The summed E-state index contributed by atoms with van der Waals surface area (Å²) in [4.78, 5) is 22.5. The van der Waals surface area contributed by atoms with Gasteiger partial charge >= 0.3 is 12.1 Å². The zero-order chi connectivity index (χ0) is 17.6. The number of nitrogens with one attached hydrogen (secondary N) is 1. The van der Waals surface area contributed by atoms with Gasteiger partial charge in [0.05, 0.1) is 5.56 Å². The molecule has 0 spiro atoms. The van der Waals surface area contributed by atoms with E-state index in [1.54, 1.807) is 19.9 Å². The minimum absolute atomic E-state index is 0.0521. The predicted molar refractivity (Wildman–Crippen MR) is 78.8 cm³/mol. The molecule has 2 unspecified atom stereocenters. The second-order valence-corrected chi connectivity index (χ2v) is 5.65. The third kappa shape index (κ3) is 6.71. The first-order valence-corrected chi connectivity index (χ1v) is 7.28. The van der Waals surface area contributed by atoms with Crippen LogP contribution in [0.4, 0.5) is 13.2 Å². The average Bonchev–Trinajstić information content (AvgIpc) is 2.44. The van der Waals surface area contributed by atoms with E-state index >= 15 is 0 Å². The van der Waals surface area contributed by atoms with E-state index in [0.717, 1.165) is 12.1 Å². The number of hydrogen-bond acceptors (Lipinski definition) is 2. The lowest BCUT2D eigenvalue weighted by molar-refractivity contribution is -0.138. The van der Waals surface area contributed by atoms with Gasteiger partial charge in [-0.3, -0.25) is 9.59 Å². The highest BCUT2D eigenvalue weighted by molar-refractivity contribution is 5.79. The van der Waals surface area contributed by atoms with E-state index in [1.807, 2.05) is 0 Å². The van der Waals surface area contributed by atoms with Crippen molar-refractivity contribution >= 4 is 11.9 Å². The fraction of sp³-hybridized carbons (Fsp3) is 0.500.